The van der Waals surface area contributed by atoms with Crippen molar-refractivity contribution in [3.63, 3.8) is 0 Å². The fourth-order valence-corrected chi connectivity index (χ4v) is 3.74. The molecule has 1 atom stereocenters. The summed E-state index contributed by atoms with van der Waals surface area (Å²) in [6.45, 7) is 2.06. The van der Waals surface area contributed by atoms with Gasteiger partial charge in [0.15, 0.2) is 11.4 Å². The number of carbonyl (C=O) groups excluding carboxylic acids is 1. The minimum Gasteiger partial charge on any atom is -0.423 e. The number of aromatic nitrogens is 2. The minimum absolute atomic E-state index is 0.0844. The predicted molar refractivity (Wildman–Crippen MR) is 105 cm³/mol. The van der Waals surface area contributed by atoms with Gasteiger partial charge in [0.25, 0.3) is 11.9 Å². The Morgan fingerprint density at radius 3 is 3.14 bits per heavy atom. The highest BCUT2D eigenvalue weighted by molar-refractivity contribution is 5.97. The lowest BCUT2D eigenvalue weighted by atomic mass is 10.1. The summed E-state index contributed by atoms with van der Waals surface area (Å²) in [5, 5.41) is 4.10. The highest BCUT2D eigenvalue weighted by Crippen LogP contribution is 2.28. The van der Waals surface area contributed by atoms with Crippen molar-refractivity contribution in [2.24, 2.45) is 5.92 Å². The Labute approximate surface area is 160 Å². The second-order valence-corrected chi connectivity index (χ2v) is 7.17. The van der Waals surface area contributed by atoms with Gasteiger partial charge >= 0.3 is 0 Å². The van der Waals surface area contributed by atoms with Gasteiger partial charge in [-0.25, -0.2) is 4.39 Å². The molecule has 1 saturated heterocycles. The highest BCUT2D eigenvalue weighted by Gasteiger charge is 2.27. The van der Waals surface area contributed by atoms with Gasteiger partial charge in [0.05, 0.1) is 0 Å². The molecule has 2 aromatic heterocycles. The van der Waals surface area contributed by atoms with Crippen molar-refractivity contribution in [1.29, 1.82) is 0 Å². The first-order valence-electron chi connectivity index (χ1n) is 9.33. The minimum atomic E-state index is -0.380. The molecule has 0 bridgehead atoms. The van der Waals surface area contributed by atoms with E-state index in [1.165, 1.54) is 6.07 Å². The van der Waals surface area contributed by atoms with Crippen LogP contribution in [0.5, 0.6) is 0 Å². The zero-order valence-corrected chi connectivity index (χ0v) is 15.1. The van der Waals surface area contributed by atoms with Crippen LogP contribution in [0.2, 0.25) is 0 Å². The number of halogens is 1. The first-order valence-corrected chi connectivity index (χ1v) is 9.33. The van der Waals surface area contributed by atoms with Crippen LogP contribution in [-0.2, 0) is 0 Å². The molecule has 3 heterocycles. The molecule has 2 aromatic carbocycles. The normalized spacial score (nSPS) is 16.9. The van der Waals surface area contributed by atoms with Crippen LogP contribution in [0.3, 0.4) is 0 Å². The molecule has 0 saturated carbocycles. The number of benzene rings is 2. The number of amides is 1. The summed E-state index contributed by atoms with van der Waals surface area (Å²) in [6, 6.07) is 12.7. The SMILES string of the molecule is O=C(NCC1CCN(c2nc3c(F)cccc3o2)C1)c1ccc2cc[nH]c2c1. The maximum atomic E-state index is 13.8. The molecule has 1 aliphatic heterocycles. The van der Waals surface area contributed by atoms with E-state index in [9.17, 15) is 9.18 Å². The molecule has 5 rings (SSSR count). The highest BCUT2D eigenvalue weighted by atomic mass is 19.1. The average Bonchev–Trinajstić information content (AvgIpc) is 3.43. The summed E-state index contributed by atoms with van der Waals surface area (Å²) in [5.41, 5.74) is 2.29. The maximum absolute atomic E-state index is 13.8. The summed E-state index contributed by atoms with van der Waals surface area (Å²) >= 11 is 0. The van der Waals surface area contributed by atoms with Crippen LogP contribution in [-0.4, -0.2) is 35.5 Å². The van der Waals surface area contributed by atoms with Gasteiger partial charge in [0.1, 0.15) is 5.52 Å². The predicted octanol–water partition coefficient (Wildman–Crippen LogP) is 3.70. The lowest BCUT2D eigenvalue weighted by Crippen LogP contribution is -2.31. The summed E-state index contributed by atoms with van der Waals surface area (Å²) in [7, 11) is 0. The van der Waals surface area contributed by atoms with Gasteiger partial charge in [0, 0.05) is 36.9 Å². The number of nitrogens with zero attached hydrogens (tertiary/aromatic N) is 2. The van der Waals surface area contributed by atoms with Gasteiger partial charge in [-0.05, 0) is 48.1 Å². The van der Waals surface area contributed by atoms with E-state index in [1.807, 2.05) is 35.4 Å². The van der Waals surface area contributed by atoms with Crippen LogP contribution >= 0.6 is 0 Å². The molecule has 4 aromatic rings. The molecule has 28 heavy (non-hydrogen) atoms. The Morgan fingerprint density at radius 2 is 2.25 bits per heavy atom. The summed E-state index contributed by atoms with van der Waals surface area (Å²) in [4.78, 5) is 21.9. The largest absolute Gasteiger partial charge is 0.423 e. The molecule has 1 amide bonds. The van der Waals surface area contributed by atoms with Crippen LogP contribution in [0.1, 0.15) is 16.8 Å². The molecule has 7 heteroatoms. The van der Waals surface area contributed by atoms with E-state index in [0.717, 1.165) is 23.9 Å². The first kappa shape index (κ1) is 16.8. The van der Waals surface area contributed by atoms with E-state index in [2.05, 4.69) is 15.3 Å². The zero-order chi connectivity index (χ0) is 19.1. The van der Waals surface area contributed by atoms with E-state index in [-0.39, 0.29) is 23.2 Å². The number of carbonyl (C=O) groups is 1. The third-order valence-electron chi connectivity index (χ3n) is 5.28. The Balaban J connectivity index is 1.22. The first-order chi connectivity index (χ1) is 13.7. The van der Waals surface area contributed by atoms with E-state index in [1.54, 1.807) is 12.1 Å². The number of oxazole rings is 1. The van der Waals surface area contributed by atoms with Crippen LogP contribution in [0.15, 0.2) is 53.1 Å². The second-order valence-electron chi connectivity index (χ2n) is 7.17. The Morgan fingerprint density at radius 1 is 1.32 bits per heavy atom. The molecule has 2 N–H and O–H groups in total. The fourth-order valence-electron chi connectivity index (χ4n) is 3.74. The lowest BCUT2D eigenvalue weighted by molar-refractivity contribution is 0.0948. The second kappa shape index (κ2) is 6.67. The van der Waals surface area contributed by atoms with Crippen LogP contribution < -0.4 is 10.2 Å². The summed E-state index contributed by atoms with van der Waals surface area (Å²) in [6.07, 6.45) is 2.77. The number of H-pyrrole nitrogens is 1. The average molecular weight is 378 g/mol. The zero-order valence-electron chi connectivity index (χ0n) is 15.1. The van der Waals surface area contributed by atoms with E-state index in [4.69, 9.17) is 4.42 Å². The molecule has 1 unspecified atom stereocenters. The van der Waals surface area contributed by atoms with E-state index < -0.39 is 0 Å². The van der Waals surface area contributed by atoms with Gasteiger partial charge in [-0.15, -0.1) is 0 Å². The summed E-state index contributed by atoms with van der Waals surface area (Å²) < 4.78 is 19.5. The van der Waals surface area contributed by atoms with Gasteiger partial charge in [0.2, 0.25) is 0 Å². The molecule has 0 aliphatic carbocycles. The smallest absolute Gasteiger partial charge is 0.298 e. The quantitative estimate of drug-likeness (QED) is 0.568. The molecule has 1 fully saturated rings. The monoisotopic (exact) mass is 378 g/mol. The molecule has 6 nitrogen and oxygen atoms in total. The van der Waals surface area contributed by atoms with Gasteiger partial charge in [-0.2, -0.15) is 4.98 Å². The number of fused-ring (bicyclic) bond motifs is 2. The molecule has 0 spiro atoms. The van der Waals surface area contributed by atoms with Crippen molar-refractivity contribution in [2.45, 2.75) is 6.42 Å². The summed E-state index contributed by atoms with van der Waals surface area (Å²) in [5.74, 6) is -0.175. The number of para-hydroxylation sites is 1. The van der Waals surface area contributed by atoms with Gasteiger partial charge in [-0.1, -0.05) is 12.1 Å². The third-order valence-corrected chi connectivity index (χ3v) is 5.28. The van der Waals surface area contributed by atoms with Crippen molar-refractivity contribution in [1.82, 2.24) is 15.3 Å². The molecule has 1 aliphatic rings. The Bertz CT molecular complexity index is 1170. The maximum Gasteiger partial charge on any atom is 0.298 e. The van der Waals surface area contributed by atoms with Crippen LogP contribution in [0, 0.1) is 11.7 Å². The topological polar surface area (TPSA) is 74.2 Å². The number of hydrogen-bond donors (Lipinski definition) is 2. The van der Waals surface area contributed by atoms with Gasteiger partial charge in [-0.3, -0.25) is 4.79 Å². The standard InChI is InChI=1S/C21H19FN4O2/c22-16-2-1-3-18-19(16)25-21(28-18)26-9-7-13(12-26)11-24-20(27)15-5-4-14-6-8-23-17(14)10-15/h1-6,8,10,13,23H,7,9,11-12H2,(H,24,27). The Kier molecular flexibility index (Phi) is 4.00. The fraction of sp³-hybridized carbons (Fsp3) is 0.238. The van der Waals surface area contributed by atoms with Crippen molar-refractivity contribution < 1.29 is 13.6 Å². The number of nitrogens with one attached hydrogen (secondary N) is 2. The number of aromatic amines is 1. The number of anilines is 1. The molecule has 142 valence electrons. The number of hydrogen-bond acceptors (Lipinski definition) is 4. The van der Waals surface area contributed by atoms with Gasteiger partial charge < -0.3 is 19.6 Å². The molecule has 0 radical (unpaired) electrons. The third kappa shape index (κ3) is 2.98. The van der Waals surface area contributed by atoms with Crippen molar-refractivity contribution >= 4 is 33.9 Å². The lowest BCUT2D eigenvalue weighted by Gasteiger charge is -2.14. The van der Waals surface area contributed by atoms with Crippen molar-refractivity contribution in [3.05, 3.63) is 60.0 Å². The van der Waals surface area contributed by atoms with E-state index in [0.29, 0.717) is 30.3 Å². The molecular formula is C21H19FN4O2. The van der Waals surface area contributed by atoms with Crippen LogP contribution in [0.4, 0.5) is 10.4 Å². The van der Waals surface area contributed by atoms with Crippen molar-refractivity contribution in [2.75, 3.05) is 24.5 Å². The molecular weight excluding hydrogens is 359 g/mol. The number of rotatable bonds is 4. The van der Waals surface area contributed by atoms with Crippen molar-refractivity contribution in [3.8, 4) is 0 Å². The Hall–Kier alpha value is -3.35. The van der Waals surface area contributed by atoms with E-state index >= 15 is 0 Å². The van der Waals surface area contributed by atoms with Crippen LogP contribution in [0.25, 0.3) is 22.0 Å².